The first-order valence-corrected chi connectivity index (χ1v) is 4.39. The van der Waals surface area contributed by atoms with Crippen LogP contribution >= 0.6 is 0 Å². The van der Waals surface area contributed by atoms with Crippen molar-refractivity contribution in [1.82, 2.24) is 10.2 Å². The van der Waals surface area contributed by atoms with E-state index in [-0.39, 0.29) is 0 Å². The van der Waals surface area contributed by atoms with Crippen molar-refractivity contribution in [2.45, 2.75) is 19.8 Å². The summed E-state index contributed by atoms with van der Waals surface area (Å²) in [5.41, 5.74) is 6.71. The molecule has 4 heteroatoms. The molecule has 1 aromatic heterocycles. The monoisotopic (exact) mass is 191 g/mol. The second-order valence-electron chi connectivity index (χ2n) is 3.30. The van der Waals surface area contributed by atoms with Crippen LogP contribution < -0.4 is 5.73 Å². The van der Waals surface area contributed by atoms with Crippen LogP contribution in [0.25, 0.3) is 6.08 Å². The van der Waals surface area contributed by atoms with Crippen LogP contribution in [-0.2, 0) is 4.79 Å². The van der Waals surface area contributed by atoms with E-state index in [1.165, 1.54) is 6.08 Å². The second-order valence-corrected chi connectivity index (χ2v) is 3.30. The molecule has 74 valence electrons. The molecule has 0 aromatic carbocycles. The molecule has 1 heterocycles. The van der Waals surface area contributed by atoms with Gasteiger partial charge in [0.05, 0.1) is 11.9 Å². The number of rotatable bonds is 3. The minimum atomic E-state index is -0.465. The highest BCUT2D eigenvalue weighted by Crippen LogP contribution is 2.11. The third kappa shape index (κ3) is 2.97. The lowest BCUT2D eigenvalue weighted by atomic mass is 10.1. The van der Waals surface area contributed by atoms with Crippen LogP contribution in [0.4, 0.5) is 0 Å². The van der Waals surface area contributed by atoms with Gasteiger partial charge in [-0.05, 0) is 23.6 Å². The number of hydrogen-bond acceptors (Lipinski definition) is 3. The molecule has 2 N–H and O–H groups in total. The lowest BCUT2D eigenvalue weighted by molar-refractivity contribution is -0.113. The largest absolute Gasteiger partial charge is 0.366 e. The highest BCUT2D eigenvalue weighted by Gasteiger charge is 2.01. The van der Waals surface area contributed by atoms with Gasteiger partial charge < -0.3 is 5.73 Å². The number of aromatic nitrogens is 2. The number of primary amides is 1. The average molecular weight is 191 g/mol. The molecule has 0 spiro atoms. The Bertz CT molecular complexity index is 358. The second kappa shape index (κ2) is 4.50. The molecular formula is C10H13N3O. The number of nitrogens with two attached hydrogens (primary N) is 1. The smallest absolute Gasteiger partial charge is 0.241 e. The maximum atomic E-state index is 10.5. The van der Waals surface area contributed by atoms with E-state index in [0.717, 1.165) is 11.3 Å². The Morgan fingerprint density at radius 2 is 2.29 bits per heavy atom. The summed E-state index contributed by atoms with van der Waals surface area (Å²) >= 11 is 0. The van der Waals surface area contributed by atoms with E-state index in [1.54, 1.807) is 12.3 Å². The van der Waals surface area contributed by atoms with Crippen molar-refractivity contribution in [3.8, 4) is 0 Å². The number of carbonyl (C=O) groups excluding carboxylic acids is 1. The van der Waals surface area contributed by atoms with Gasteiger partial charge in [0.1, 0.15) is 0 Å². The number of carbonyl (C=O) groups is 1. The highest BCUT2D eigenvalue weighted by atomic mass is 16.1. The summed E-state index contributed by atoms with van der Waals surface area (Å²) in [6.07, 6.45) is 4.52. The van der Waals surface area contributed by atoms with Gasteiger partial charge in [-0.3, -0.25) is 4.79 Å². The molecule has 0 aliphatic heterocycles. The lowest BCUT2D eigenvalue weighted by Crippen LogP contribution is -2.05. The molecule has 0 unspecified atom stereocenters. The summed E-state index contributed by atoms with van der Waals surface area (Å²) < 4.78 is 0. The molecule has 1 aromatic rings. The van der Waals surface area contributed by atoms with Gasteiger partial charge in [-0.25, -0.2) is 0 Å². The fourth-order valence-corrected chi connectivity index (χ4v) is 0.951. The van der Waals surface area contributed by atoms with Crippen molar-refractivity contribution < 1.29 is 4.79 Å². The van der Waals surface area contributed by atoms with Gasteiger partial charge in [0, 0.05) is 6.08 Å². The zero-order valence-electron chi connectivity index (χ0n) is 8.27. The molecule has 1 amide bonds. The van der Waals surface area contributed by atoms with Crippen molar-refractivity contribution in [3.05, 3.63) is 29.6 Å². The molecule has 0 saturated heterocycles. The highest BCUT2D eigenvalue weighted by molar-refractivity contribution is 5.90. The fraction of sp³-hybridized carbons (Fsp3) is 0.300. The predicted octanol–water partition coefficient (Wildman–Crippen LogP) is 1.10. The minimum absolute atomic E-state index is 0.324. The first-order valence-electron chi connectivity index (χ1n) is 4.39. The third-order valence-corrected chi connectivity index (χ3v) is 1.73. The Morgan fingerprint density at radius 1 is 1.57 bits per heavy atom. The molecule has 14 heavy (non-hydrogen) atoms. The summed E-state index contributed by atoms with van der Waals surface area (Å²) in [5.74, 6) is -0.141. The quantitative estimate of drug-likeness (QED) is 0.727. The maximum absolute atomic E-state index is 10.5. The molecule has 0 radical (unpaired) electrons. The van der Waals surface area contributed by atoms with Crippen molar-refractivity contribution in [1.29, 1.82) is 0 Å². The number of nitrogens with zero attached hydrogens (tertiary/aromatic N) is 2. The first-order chi connectivity index (χ1) is 6.59. The van der Waals surface area contributed by atoms with E-state index in [0.29, 0.717) is 5.92 Å². The zero-order chi connectivity index (χ0) is 10.6. The van der Waals surface area contributed by atoms with E-state index in [9.17, 15) is 4.79 Å². The average Bonchev–Trinajstić information content (AvgIpc) is 2.15. The van der Waals surface area contributed by atoms with Crippen LogP contribution in [0.3, 0.4) is 0 Å². The topological polar surface area (TPSA) is 68.9 Å². The molecule has 0 bridgehead atoms. The van der Waals surface area contributed by atoms with E-state index in [2.05, 4.69) is 10.2 Å². The molecule has 0 aliphatic rings. The minimum Gasteiger partial charge on any atom is -0.366 e. The zero-order valence-corrected chi connectivity index (χ0v) is 8.27. The molecule has 1 rings (SSSR count). The molecule has 4 nitrogen and oxygen atoms in total. The van der Waals surface area contributed by atoms with Crippen molar-refractivity contribution in [3.63, 3.8) is 0 Å². The molecule has 0 aliphatic carbocycles. The van der Waals surface area contributed by atoms with Crippen LogP contribution in [0.5, 0.6) is 0 Å². The SMILES string of the molecule is CC(C)c1cc(/C=C/C(N)=O)cnn1. The molecule has 0 atom stereocenters. The van der Waals surface area contributed by atoms with Crippen molar-refractivity contribution in [2.24, 2.45) is 5.73 Å². The third-order valence-electron chi connectivity index (χ3n) is 1.73. The van der Waals surface area contributed by atoms with E-state index in [1.807, 2.05) is 19.9 Å². The Hall–Kier alpha value is -1.71. The fourth-order valence-electron chi connectivity index (χ4n) is 0.951. The summed E-state index contributed by atoms with van der Waals surface area (Å²) in [5, 5.41) is 7.80. The predicted molar refractivity (Wildman–Crippen MR) is 54.3 cm³/mol. The van der Waals surface area contributed by atoms with Gasteiger partial charge >= 0.3 is 0 Å². The van der Waals surface area contributed by atoms with Gasteiger partial charge in [0.2, 0.25) is 5.91 Å². The van der Waals surface area contributed by atoms with Crippen LogP contribution in [0.1, 0.15) is 31.0 Å². The Balaban J connectivity index is 2.89. The summed E-state index contributed by atoms with van der Waals surface area (Å²) in [7, 11) is 0. The summed E-state index contributed by atoms with van der Waals surface area (Å²) in [4.78, 5) is 10.5. The van der Waals surface area contributed by atoms with Crippen molar-refractivity contribution >= 4 is 12.0 Å². The summed E-state index contributed by atoms with van der Waals surface area (Å²) in [6.45, 7) is 4.07. The molecular weight excluding hydrogens is 178 g/mol. The van der Waals surface area contributed by atoms with E-state index >= 15 is 0 Å². The van der Waals surface area contributed by atoms with Crippen LogP contribution in [-0.4, -0.2) is 16.1 Å². The lowest BCUT2D eigenvalue weighted by Gasteiger charge is -2.02. The molecule has 0 saturated carbocycles. The Labute approximate surface area is 82.8 Å². The van der Waals surface area contributed by atoms with Crippen LogP contribution in [0.2, 0.25) is 0 Å². The summed E-state index contributed by atoms with van der Waals surface area (Å²) in [6, 6.07) is 1.89. The van der Waals surface area contributed by atoms with Gasteiger partial charge in [-0.2, -0.15) is 10.2 Å². The van der Waals surface area contributed by atoms with E-state index in [4.69, 9.17) is 5.73 Å². The molecule has 0 fully saturated rings. The number of hydrogen-bond donors (Lipinski definition) is 1. The van der Waals surface area contributed by atoms with Gasteiger partial charge in [-0.15, -0.1) is 0 Å². The maximum Gasteiger partial charge on any atom is 0.241 e. The van der Waals surface area contributed by atoms with Crippen molar-refractivity contribution in [2.75, 3.05) is 0 Å². The van der Waals surface area contributed by atoms with Crippen LogP contribution in [0.15, 0.2) is 18.3 Å². The van der Waals surface area contributed by atoms with Crippen LogP contribution in [0, 0.1) is 0 Å². The standard InChI is InChI=1S/C10H13N3O/c1-7(2)9-5-8(6-12-13-9)3-4-10(11)14/h3-7H,1-2H3,(H2,11,14)/b4-3+. The Morgan fingerprint density at radius 3 is 2.86 bits per heavy atom. The van der Waals surface area contributed by atoms with Gasteiger partial charge in [0.15, 0.2) is 0 Å². The van der Waals surface area contributed by atoms with Gasteiger partial charge in [0.25, 0.3) is 0 Å². The first kappa shape index (κ1) is 10.4. The Kier molecular flexibility index (Phi) is 3.34. The van der Waals surface area contributed by atoms with Gasteiger partial charge in [-0.1, -0.05) is 13.8 Å². The van der Waals surface area contributed by atoms with E-state index < -0.39 is 5.91 Å². The normalized spacial score (nSPS) is 11.1. The number of amides is 1.